The third-order valence-electron chi connectivity index (χ3n) is 2.60. The van der Waals surface area contributed by atoms with Gasteiger partial charge in [0, 0.05) is 16.5 Å². The van der Waals surface area contributed by atoms with Crippen LogP contribution in [0.25, 0.3) is 0 Å². The predicted octanol–water partition coefficient (Wildman–Crippen LogP) is 4.14. The van der Waals surface area contributed by atoms with Gasteiger partial charge in [0.2, 0.25) is 0 Å². The smallest absolute Gasteiger partial charge is 0.349 e. The highest BCUT2D eigenvalue weighted by Gasteiger charge is 2.17. The number of carbonyl (C=O) groups excluding carboxylic acids is 1. The molecular formula is C13H11Cl2NO2S. The number of benzene rings is 1. The SMILES string of the molecule is COC(=O)c1sc(Cc2c(Cl)cccc2Cl)nc1C. The predicted molar refractivity (Wildman–Crippen MR) is 77.5 cm³/mol. The van der Waals surface area contributed by atoms with E-state index in [0.29, 0.717) is 27.0 Å². The first-order chi connectivity index (χ1) is 9.02. The first-order valence-corrected chi connectivity index (χ1v) is 7.07. The van der Waals surface area contributed by atoms with E-state index >= 15 is 0 Å². The van der Waals surface area contributed by atoms with Crippen LogP contribution in [0.5, 0.6) is 0 Å². The molecule has 1 aromatic heterocycles. The van der Waals surface area contributed by atoms with E-state index in [4.69, 9.17) is 27.9 Å². The molecule has 1 heterocycles. The topological polar surface area (TPSA) is 39.2 Å². The third kappa shape index (κ3) is 3.08. The summed E-state index contributed by atoms with van der Waals surface area (Å²) in [5, 5.41) is 1.98. The molecule has 0 fully saturated rings. The van der Waals surface area contributed by atoms with Gasteiger partial charge in [-0.05, 0) is 24.6 Å². The minimum Gasteiger partial charge on any atom is -0.465 e. The van der Waals surface area contributed by atoms with Crippen LogP contribution in [0.4, 0.5) is 0 Å². The van der Waals surface area contributed by atoms with Crippen molar-refractivity contribution in [1.29, 1.82) is 0 Å². The van der Waals surface area contributed by atoms with E-state index in [0.717, 1.165) is 10.6 Å². The number of aryl methyl sites for hydroxylation is 1. The van der Waals surface area contributed by atoms with Crippen molar-refractivity contribution in [3.05, 3.63) is 49.4 Å². The number of nitrogens with zero attached hydrogens (tertiary/aromatic N) is 1. The zero-order valence-electron chi connectivity index (χ0n) is 10.4. The van der Waals surface area contributed by atoms with E-state index in [1.54, 1.807) is 25.1 Å². The normalized spacial score (nSPS) is 10.5. The lowest BCUT2D eigenvalue weighted by atomic mass is 10.1. The van der Waals surface area contributed by atoms with Gasteiger partial charge in [0.05, 0.1) is 17.8 Å². The molecule has 0 aliphatic rings. The molecule has 0 saturated heterocycles. The summed E-state index contributed by atoms with van der Waals surface area (Å²) in [5.74, 6) is -0.369. The minimum absolute atomic E-state index is 0.369. The summed E-state index contributed by atoms with van der Waals surface area (Å²) in [4.78, 5) is 16.4. The van der Waals surface area contributed by atoms with Gasteiger partial charge in [-0.25, -0.2) is 9.78 Å². The molecule has 0 bridgehead atoms. The fraction of sp³-hybridized carbons (Fsp3) is 0.231. The van der Waals surface area contributed by atoms with Crippen LogP contribution in [-0.4, -0.2) is 18.1 Å². The largest absolute Gasteiger partial charge is 0.465 e. The van der Waals surface area contributed by atoms with Gasteiger partial charge in [-0.1, -0.05) is 29.3 Å². The molecule has 0 aliphatic carbocycles. The van der Waals surface area contributed by atoms with Gasteiger partial charge in [-0.2, -0.15) is 0 Å². The van der Waals surface area contributed by atoms with E-state index in [-0.39, 0.29) is 5.97 Å². The number of thiazole rings is 1. The lowest BCUT2D eigenvalue weighted by Crippen LogP contribution is -1.99. The van der Waals surface area contributed by atoms with Crippen LogP contribution in [0.15, 0.2) is 18.2 Å². The van der Waals surface area contributed by atoms with Gasteiger partial charge in [0.25, 0.3) is 0 Å². The molecule has 3 nitrogen and oxygen atoms in total. The Hall–Kier alpha value is -1.10. The molecular weight excluding hydrogens is 305 g/mol. The highest BCUT2D eigenvalue weighted by Crippen LogP contribution is 2.29. The average Bonchev–Trinajstić information content (AvgIpc) is 2.74. The van der Waals surface area contributed by atoms with Crippen LogP contribution in [0.3, 0.4) is 0 Å². The average molecular weight is 316 g/mol. The molecule has 0 atom stereocenters. The van der Waals surface area contributed by atoms with Crippen molar-refractivity contribution in [2.75, 3.05) is 7.11 Å². The second kappa shape index (κ2) is 5.90. The number of ether oxygens (including phenoxy) is 1. The van der Waals surface area contributed by atoms with Gasteiger partial charge < -0.3 is 4.74 Å². The highest BCUT2D eigenvalue weighted by molar-refractivity contribution is 7.13. The molecule has 0 spiro atoms. The minimum atomic E-state index is -0.369. The molecule has 0 radical (unpaired) electrons. The van der Waals surface area contributed by atoms with Crippen LogP contribution in [0, 0.1) is 6.92 Å². The summed E-state index contributed by atoms with van der Waals surface area (Å²) in [7, 11) is 1.35. The molecule has 6 heteroatoms. The van der Waals surface area contributed by atoms with Gasteiger partial charge >= 0.3 is 5.97 Å². The fourth-order valence-corrected chi connectivity index (χ4v) is 3.19. The quantitative estimate of drug-likeness (QED) is 0.799. The van der Waals surface area contributed by atoms with Crippen molar-refractivity contribution < 1.29 is 9.53 Å². The molecule has 2 aromatic rings. The molecule has 0 saturated carbocycles. The van der Waals surface area contributed by atoms with Gasteiger partial charge in [0.15, 0.2) is 0 Å². The summed E-state index contributed by atoms with van der Waals surface area (Å²) in [5.41, 5.74) is 1.48. The first kappa shape index (κ1) is 14.3. The monoisotopic (exact) mass is 315 g/mol. The molecule has 0 amide bonds. The molecule has 19 heavy (non-hydrogen) atoms. The molecule has 100 valence electrons. The maximum absolute atomic E-state index is 11.5. The van der Waals surface area contributed by atoms with Crippen LogP contribution >= 0.6 is 34.5 Å². The van der Waals surface area contributed by atoms with E-state index in [2.05, 4.69) is 4.98 Å². The Morgan fingerprint density at radius 2 is 2.00 bits per heavy atom. The third-order valence-corrected chi connectivity index (χ3v) is 4.45. The van der Waals surface area contributed by atoms with E-state index < -0.39 is 0 Å². The number of hydrogen-bond donors (Lipinski definition) is 0. The standard InChI is InChI=1S/C13H11Cl2NO2S/c1-7-12(13(17)18-2)19-11(16-7)6-8-9(14)4-3-5-10(8)15/h3-5H,6H2,1-2H3. The number of rotatable bonds is 3. The number of carbonyl (C=O) groups is 1. The number of methoxy groups -OCH3 is 1. The van der Waals surface area contributed by atoms with Crippen LogP contribution in [0.1, 0.15) is 25.9 Å². The van der Waals surface area contributed by atoms with Crippen molar-refractivity contribution >= 4 is 40.5 Å². The van der Waals surface area contributed by atoms with Gasteiger partial charge in [-0.15, -0.1) is 11.3 Å². The zero-order valence-corrected chi connectivity index (χ0v) is 12.7. The highest BCUT2D eigenvalue weighted by atomic mass is 35.5. The number of halogens is 2. The van der Waals surface area contributed by atoms with Crippen molar-refractivity contribution in [2.45, 2.75) is 13.3 Å². The van der Waals surface area contributed by atoms with E-state index in [9.17, 15) is 4.79 Å². The fourth-order valence-electron chi connectivity index (χ4n) is 1.66. The van der Waals surface area contributed by atoms with Crippen LogP contribution in [0.2, 0.25) is 10.0 Å². The summed E-state index contributed by atoms with van der Waals surface area (Å²) >= 11 is 13.5. The summed E-state index contributed by atoms with van der Waals surface area (Å²) in [6.07, 6.45) is 0.501. The van der Waals surface area contributed by atoms with Crippen LogP contribution in [-0.2, 0) is 11.2 Å². The maximum atomic E-state index is 11.5. The number of aromatic nitrogens is 1. The summed E-state index contributed by atoms with van der Waals surface area (Å²) in [6.45, 7) is 1.78. The lowest BCUT2D eigenvalue weighted by molar-refractivity contribution is 0.0605. The van der Waals surface area contributed by atoms with Crippen molar-refractivity contribution in [1.82, 2.24) is 4.98 Å². The maximum Gasteiger partial charge on any atom is 0.349 e. The van der Waals surface area contributed by atoms with Crippen molar-refractivity contribution in [3.8, 4) is 0 Å². The zero-order chi connectivity index (χ0) is 14.0. The molecule has 0 unspecified atom stereocenters. The van der Waals surface area contributed by atoms with Crippen molar-refractivity contribution in [2.24, 2.45) is 0 Å². The Labute approximate surface area is 125 Å². The molecule has 1 aromatic carbocycles. The summed E-state index contributed by atoms with van der Waals surface area (Å²) < 4.78 is 4.71. The number of hydrogen-bond acceptors (Lipinski definition) is 4. The Kier molecular flexibility index (Phi) is 4.45. The second-order valence-corrected chi connectivity index (χ2v) is 5.79. The molecule has 2 rings (SSSR count). The second-order valence-electron chi connectivity index (χ2n) is 3.89. The van der Waals surface area contributed by atoms with Gasteiger partial charge in [-0.3, -0.25) is 0 Å². The van der Waals surface area contributed by atoms with E-state index in [1.165, 1.54) is 18.4 Å². The Morgan fingerprint density at radius 3 is 2.58 bits per heavy atom. The molecule has 0 N–H and O–H groups in total. The Bertz CT molecular complexity index is 605. The van der Waals surface area contributed by atoms with Crippen LogP contribution < -0.4 is 0 Å². The summed E-state index contributed by atoms with van der Waals surface area (Å²) in [6, 6.07) is 5.36. The Morgan fingerprint density at radius 1 is 1.37 bits per heavy atom. The number of esters is 1. The Balaban J connectivity index is 2.32. The lowest BCUT2D eigenvalue weighted by Gasteiger charge is -2.03. The van der Waals surface area contributed by atoms with E-state index in [1.807, 2.05) is 0 Å². The first-order valence-electron chi connectivity index (χ1n) is 5.50. The molecule has 0 aliphatic heterocycles. The van der Waals surface area contributed by atoms with Crippen molar-refractivity contribution in [3.63, 3.8) is 0 Å². The van der Waals surface area contributed by atoms with Gasteiger partial charge in [0.1, 0.15) is 4.88 Å².